The summed E-state index contributed by atoms with van der Waals surface area (Å²) in [7, 11) is 0. The molecule has 14 heteroatoms. The SMILES string of the molecule is OCC1CCc2c(sc3ncnc(Nc4ccc5c(c4)C=NC5)c23)C1.[N-]=[N+]=NCC1CCc2c(sc3ncnc(Nc4ccc5c(c4)C=NC5)c23)C1. The Morgan fingerprint density at radius 2 is 1.29 bits per heavy atom. The maximum Gasteiger partial charge on any atom is 0.142 e. The average Bonchev–Trinajstić information content (AvgIpc) is 3.98. The highest BCUT2D eigenvalue weighted by atomic mass is 32.1. The largest absolute Gasteiger partial charge is 0.396 e. The average molecular weight is 726 g/mol. The van der Waals surface area contributed by atoms with E-state index in [-0.39, 0.29) is 6.61 Å². The van der Waals surface area contributed by atoms with Crippen LogP contribution in [0.1, 0.15) is 56.0 Å². The first-order chi connectivity index (χ1) is 25.6. The highest BCUT2D eigenvalue weighted by Crippen LogP contribution is 2.42. The van der Waals surface area contributed by atoms with Gasteiger partial charge in [0.05, 0.1) is 23.9 Å². The number of aromatic nitrogens is 4. The molecule has 0 saturated carbocycles. The van der Waals surface area contributed by atoms with Crippen LogP contribution in [0.5, 0.6) is 0 Å². The van der Waals surface area contributed by atoms with Crippen LogP contribution in [0.2, 0.25) is 0 Å². The van der Waals surface area contributed by atoms with E-state index in [1.54, 1.807) is 35.3 Å². The molecule has 0 radical (unpaired) electrons. The molecular weight excluding hydrogens is 691 g/mol. The van der Waals surface area contributed by atoms with Gasteiger partial charge in [0.15, 0.2) is 0 Å². The Labute approximate surface area is 307 Å². The van der Waals surface area contributed by atoms with Crippen LogP contribution in [0.25, 0.3) is 30.9 Å². The molecule has 2 aliphatic heterocycles. The van der Waals surface area contributed by atoms with Crippen LogP contribution >= 0.6 is 22.7 Å². The summed E-state index contributed by atoms with van der Waals surface area (Å²) in [5.74, 6) is 2.53. The molecule has 6 heterocycles. The number of anilines is 4. The molecule has 52 heavy (non-hydrogen) atoms. The minimum absolute atomic E-state index is 0.265. The minimum Gasteiger partial charge on any atom is -0.396 e. The third-order valence-corrected chi connectivity index (χ3v) is 12.7. The summed E-state index contributed by atoms with van der Waals surface area (Å²) in [5, 5.41) is 22.5. The molecule has 2 aromatic carbocycles. The van der Waals surface area contributed by atoms with Gasteiger partial charge in [0.1, 0.15) is 34.0 Å². The lowest BCUT2D eigenvalue weighted by Crippen LogP contribution is -2.15. The number of fused-ring (bicyclic) bond motifs is 8. The van der Waals surface area contributed by atoms with Crippen molar-refractivity contribution in [1.82, 2.24) is 19.9 Å². The molecule has 10 rings (SSSR count). The Bertz CT molecular complexity index is 2450. The second-order valence-corrected chi connectivity index (χ2v) is 15.8. The van der Waals surface area contributed by atoms with Gasteiger partial charge in [-0.3, -0.25) is 9.98 Å². The van der Waals surface area contributed by atoms with Gasteiger partial charge in [0.25, 0.3) is 0 Å². The van der Waals surface area contributed by atoms with Gasteiger partial charge in [-0.2, -0.15) is 0 Å². The molecule has 4 aliphatic rings. The number of thiophene rings is 2. The third-order valence-electron chi connectivity index (χ3n) is 10.4. The molecular formula is C38H35N11OS2. The maximum absolute atomic E-state index is 9.47. The van der Waals surface area contributed by atoms with Gasteiger partial charge in [-0.1, -0.05) is 17.2 Å². The predicted molar refractivity (Wildman–Crippen MR) is 209 cm³/mol. The van der Waals surface area contributed by atoms with E-state index < -0.39 is 0 Å². The number of rotatable bonds is 7. The van der Waals surface area contributed by atoms with E-state index in [9.17, 15) is 5.11 Å². The summed E-state index contributed by atoms with van der Waals surface area (Å²) in [5.41, 5.74) is 18.2. The van der Waals surface area contributed by atoms with Crippen molar-refractivity contribution in [2.24, 2.45) is 26.9 Å². The van der Waals surface area contributed by atoms with Crippen LogP contribution in [-0.4, -0.2) is 50.6 Å². The molecule has 260 valence electrons. The fourth-order valence-electron chi connectivity index (χ4n) is 7.64. The first-order valence-corrected chi connectivity index (χ1v) is 19.2. The zero-order valence-electron chi connectivity index (χ0n) is 28.3. The van der Waals surface area contributed by atoms with Crippen molar-refractivity contribution in [1.29, 1.82) is 0 Å². The highest BCUT2D eigenvalue weighted by Gasteiger charge is 2.26. The van der Waals surface area contributed by atoms with Crippen molar-refractivity contribution >= 4 is 78.5 Å². The summed E-state index contributed by atoms with van der Waals surface area (Å²) in [6, 6.07) is 12.7. The van der Waals surface area contributed by atoms with Gasteiger partial charge >= 0.3 is 0 Å². The number of nitrogens with one attached hydrogen (secondary N) is 2. The van der Waals surface area contributed by atoms with Crippen molar-refractivity contribution in [3.05, 3.63) is 103 Å². The number of benzene rings is 2. The molecule has 4 aromatic heterocycles. The molecule has 0 saturated heterocycles. The Morgan fingerprint density at radius 3 is 1.83 bits per heavy atom. The lowest BCUT2D eigenvalue weighted by atomic mass is 9.88. The zero-order chi connectivity index (χ0) is 35.0. The summed E-state index contributed by atoms with van der Waals surface area (Å²) in [4.78, 5) is 34.3. The van der Waals surface area contributed by atoms with E-state index in [2.05, 4.69) is 87.0 Å². The first-order valence-electron chi connectivity index (χ1n) is 17.5. The molecule has 2 unspecified atom stereocenters. The van der Waals surface area contributed by atoms with E-state index in [1.807, 2.05) is 12.4 Å². The summed E-state index contributed by atoms with van der Waals surface area (Å²) >= 11 is 3.47. The summed E-state index contributed by atoms with van der Waals surface area (Å²) < 4.78 is 0. The number of aliphatic imine (C=N–C) groups is 2. The van der Waals surface area contributed by atoms with Gasteiger partial charge in [0, 0.05) is 51.6 Å². The minimum atomic E-state index is 0.265. The number of nitrogens with zero attached hydrogens (tertiary/aromatic N) is 9. The Kier molecular flexibility index (Phi) is 8.81. The zero-order valence-corrected chi connectivity index (χ0v) is 29.9. The van der Waals surface area contributed by atoms with Gasteiger partial charge in [-0.25, -0.2) is 19.9 Å². The normalized spacial score (nSPS) is 17.9. The molecule has 2 aliphatic carbocycles. The lowest BCUT2D eigenvalue weighted by molar-refractivity contribution is 0.214. The van der Waals surface area contributed by atoms with Crippen LogP contribution in [0.15, 0.2) is 64.2 Å². The monoisotopic (exact) mass is 725 g/mol. The molecule has 0 amide bonds. The second-order valence-electron chi connectivity index (χ2n) is 13.6. The number of aryl methyl sites for hydroxylation is 2. The van der Waals surface area contributed by atoms with Crippen LogP contribution in [0.4, 0.5) is 23.0 Å². The summed E-state index contributed by atoms with van der Waals surface area (Å²) in [6.45, 7) is 2.37. The van der Waals surface area contributed by atoms with Crippen molar-refractivity contribution in [2.75, 3.05) is 23.8 Å². The first kappa shape index (κ1) is 32.6. The number of aliphatic hydroxyl groups excluding tert-OH is 1. The predicted octanol–water partition coefficient (Wildman–Crippen LogP) is 8.25. The van der Waals surface area contributed by atoms with Crippen molar-refractivity contribution in [2.45, 2.75) is 51.6 Å². The number of hydrogen-bond acceptors (Lipinski definition) is 12. The third kappa shape index (κ3) is 6.28. The highest BCUT2D eigenvalue weighted by molar-refractivity contribution is 7.19. The molecule has 6 aromatic rings. The molecule has 12 nitrogen and oxygen atoms in total. The molecule has 0 fully saturated rings. The van der Waals surface area contributed by atoms with Crippen LogP contribution in [0.3, 0.4) is 0 Å². The lowest BCUT2D eigenvalue weighted by Gasteiger charge is -2.20. The van der Waals surface area contributed by atoms with Crippen LogP contribution < -0.4 is 10.6 Å². The fraction of sp³-hybridized carbons (Fsp3) is 0.316. The topological polar surface area (TPSA) is 169 Å². The Morgan fingerprint density at radius 1 is 0.750 bits per heavy atom. The molecule has 3 N–H and O–H groups in total. The van der Waals surface area contributed by atoms with E-state index in [0.717, 1.165) is 95.1 Å². The van der Waals surface area contributed by atoms with Crippen LogP contribution in [-0.2, 0) is 38.8 Å². The van der Waals surface area contributed by atoms with Gasteiger partial charge < -0.3 is 15.7 Å². The number of hydrogen-bond donors (Lipinski definition) is 3. The van der Waals surface area contributed by atoms with E-state index in [4.69, 9.17) is 5.53 Å². The summed E-state index contributed by atoms with van der Waals surface area (Å²) in [6.07, 6.45) is 13.0. The van der Waals surface area contributed by atoms with Crippen molar-refractivity contribution in [3.8, 4) is 0 Å². The standard InChI is InChI=1S/C19H17N7S.C19H18N4OS/c20-26-24-7-11-1-4-15-16(5-11)27-19-17(15)18(22-10-23-19)25-14-3-2-12-8-21-9-13(12)6-14;24-9-11-1-4-15-16(5-11)25-19-17(15)18(21-10-22-19)23-14-3-2-12-7-20-8-13(12)6-14/h2-3,6,9-11H,1,4-5,7-8H2,(H,22,23,25);2-3,6,8,10-11,24H,1,4-5,7,9H2,(H,21,22,23). The van der Waals surface area contributed by atoms with Crippen molar-refractivity contribution < 1.29 is 5.11 Å². The van der Waals surface area contributed by atoms with E-state index in [0.29, 0.717) is 18.4 Å². The fourth-order valence-corrected chi connectivity index (χ4v) is 10.2. The van der Waals surface area contributed by atoms with Gasteiger partial charge in [0.2, 0.25) is 0 Å². The van der Waals surface area contributed by atoms with E-state index >= 15 is 0 Å². The number of aliphatic hydroxyl groups is 1. The van der Waals surface area contributed by atoms with Gasteiger partial charge in [-0.05, 0) is 114 Å². The molecule has 2 atom stereocenters. The maximum atomic E-state index is 9.47. The Hall–Kier alpha value is -5.27. The van der Waals surface area contributed by atoms with Gasteiger partial charge in [-0.15, -0.1) is 22.7 Å². The quantitative estimate of drug-likeness (QED) is 0.0845. The van der Waals surface area contributed by atoms with Crippen LogP contribution in [0, 0.1) is 11.8 Å². The molecule has 0 bridgehead atoms. The van der Waals surface area contributed by atoms with Crippen molar-refractivity contribution in [3.63, 3.8) is 0 Å². The number of azide groups is 1. The van der Waals surface area contributed by atoms with E-state index in [1.165, 1.54) is 43.1 Å². The smallest absolute Gasteiger partial charge is 0.142 e. The second kappa shape index (κ2) is 14.0. The molecule has 0 spiro atoms. The Balaban J connectivity index is 0.000000139.